The van der Waals surface area contributed by atoms with Gasteiger partial charge in [0.05, 0.1) is 6.10 Å². The predicted octanol–water partition coefficient (Wildman–Crippen LogP) is 0.916. The van der Waals surface area contributed by atoms with Gasteiger partial charge in [0.1, 0.15) is 6.04 Å². The second-order valence-corrected chi connectivity index (χ2v) is 4.68. The maximum atomic E-state index is 11.8. The number of urea groups is 1. The molecule has 1 saturated heterocycles. The Morgan fingerprint density at radius 2 is 2.22 bits per heavy atom. The highest BCUT2D eigenvalue weighted by Crippen LogP contribution is 2.19. The molecule has 0 aromatic rings. The summed E-state index contributed by atoms with van der Waals surface area (Å²) in [6.07, 6.45) is 1.47. The van der Waals surface area contributed by atoms with Crippen molar-refractivity contribution in [2.75, 3.05) is 20.2 Å². The van der Waals surface area contributed by atoms with Gasteiger partial charge in [-0.15, -0.1) is 0 Å². The third-order valence-corrected chi connectivity index (χ3v) is 3.51. The van der Waals surface area contributed by atoms with Crippen LogP contribution in [0, 0.1) is 5.92 Å². The Labute approximate surface area is 107 Å². The number of carboxylic acids is 1. The van der Waals surface area contributed by atoms with Crippen LogP contribution >= 0.6 is 0 Å². The summed E-state index contributed by atoms with van der Waals surface area (Å²) in [5, 5.41) is 11.7. The number of rotatable bonds is 5. The molecule has 6 heteroatoms. The summed E-state index contributed by atoms with van der Waals surface area (Å²) in [5.74, 6) is -0.667. The van der Waals surface area contributed by atoms with E-state index in [4.69, 9.17) is 9.84 Å². The zero-order chi connectivity index (χ0) is 13.7. The number of aliphatic carboxylic acids is 1. The molecule has 1 heterocycles. The van der Waals surface area contributed by atoms with E-state index in [1.54, 1.807) is 6.92 Å². The number of hydrogen-bond donors (Lipinski definition) is 2. The molecule has 1 aliphatic heterocycles. The van der Waals surface area contributed by atoms with Crippen molar-refractivity contribution in [1.29, 1.82) is 0 Å². The van der Waals surface area contributed by atoms with Gasteiger partial charge in [0.2, 0.25) is 0 Å². The van der Waals surface area contributed by atoms with Crippen LogP contribution in [0.1, 0.15) is 26.7 Å². The van der Waals surface area contributed by atoms with Crippen LogP contribution in [-0.4, -0.2) is 54.4 Å². The Morgan fingerprint density at radius 1 is 1.56 bits per heavy atom. The first-order valence-corrected chi connectivity index (χ1v) is 6.32. The van der Waals surface area contributed by atoms with Crippen LogP contribution in [0.3, 0.4) is 0 Å². The lowest BCUT2D eigenvalue weighted by molar-refractivity contribution is -0.141. The Bertz CT molecular complexity index is 308. The summed E-state index contributed by atoms with van der Waals surface area (Å²) >= 11 is 0. The van der Waals surface area contributed by atoms with Crippen molar-refractivity contribution in [3.05, 3.63) is 0 Å². The van der Waals surface area contributed by atoms with Crippen LogP contribution < -0.4 is 5.32 Å². The highest BCUT2D eigenvalue weighted by molar-refractivity contribution is 5.82. The van der Waals surface area contributed by atoms with E-state index in [2.05, 4.69) is 5.32 Å². The van der Waals surface area contributed by atoms with Gasteiger partial charge in [0.25, 0.3) is 0 Å². The standard InChI is InChI=1S/C12H22N2O4/c1-4-10(11(15)16)14(3)12(17)13-7-9-5-6-18-8(9)2/h8-10H,4-7H2,1-3H3,(H,13,17)(H,15,16). The van der Waals surface area contributed by atoms with Crippen molar-refractivity contribution in [3.63, 3.8) is 0 Å². The van der Waals surface area contributed by atoms with Crippen molar-refractivity contribution in [2.45, 2.75) is 38.8 Å². The summed E-state index contributed by atoms with van der Waals surface area (Å²) < 4.78 is 5.41. The molecule has 104 valence electrons. The SMILES string of the molecule is CCC(C(=O)O)N(C)C(=O)NCC1CCOC1C. The second kappa shape index (κ2) is 6.58. The van der Waals surface area contributed by atoms with E-state index >= 15 is 0 Å². The van der Waals surface area contributed by atoms with Gasteiger partial charge in [-0.1, -0.05) is 6.92 Å². The van der Waals surface area contributed by atoms with E-state index in [1.165, 1.54) is 11.9 Å². The molecule has 0 bridgehead atoms. The number of likely N-dealkylation sites (N-methyl/N-ethyl adjacent to an activating group) is 1. The molecular weight excluding hydrogens is 236 g/mol. The zero-order valence-corrected chi connectivity index (χ0v) is 11.2. The molecule has 0 radical (unpaired) electrons. The summed E-state index contributed by atoms with van der Waals surface area (Å²) in [6.45, 7) is 4.99. The fraction of sp³-hybridized carbons (Fsp3) is 0.833. The lowest BCUT2D eigenvalue weighted by Crippen LogP contribution is -2.48. The normalized spacial score (nSPS) is 24.6. The molecule has 1 aliphatic rings. The molecule has 0 saturated carbocycles. The first kappa shape index (κ1) is 14.8. The molecule has 0 aliphatic carbocycles. The molecule has 3 unspecified atom stereocenters. The van der Waals surface area contributed by atoms with Crippen molar-refractivity contribution >= 4 is 12.0 Å². The second-order valence-electron chi connectivity index (χ2n) is 4.68. The molecule has 1 fully saturated rings. The predicted molar refractivity (Wildman–Crippen MR) is 66.4 cm³/mol. The van der Waals surface area contributed by atoms with Crippen molar-refractivity contribution in [3.8, 4) is 0 Å². The molecule has 18 heavy (non-hydrogen) atoms. The quantitative estimate of drug-likeness (QED) is 0.768. The van der Waals surface area contributed by atoms with Crippen LogP contribution in [0.5, 0.6) is 0 Å². The van der Waals surface area contributed by atoms with E-state index in [9.17, 15) is 9.59 Å². The van der Waals surface area contributed by atoms with Crippen LogP contribution in [0.15, 0.2) is 0 Å². The first-order chi connectivity index (χ1) is 8.47. The minimum absolute atomic E-state index is 0.150. The number of amides is 2. The molecule has 0 spiro atoms. The van der Waals surface area contributed by atoms with Crippen LogP contribution in [0.4, 0.5) is 4.79 Å². The van der Waals surface area contributed by atoms with Crippen LogP contribution in [0.2, 0.25) is 0 Å². The third-order valence-electron chi connectivity index (χ3n) is 3.51. The monoisotopic (exact) mass is 258 g/mol. The van der Waals surface area contributed by atoms with Crippen LogP contribution in [-0.2, 0) is 9.53 Å². The average molecular weight is 258 g/mol. The molecule has 2 N–H and O–H groups in total. The maximum absolute atomic E-state index is 11.8. The van der Waals surface area contributed by atoms with E-state index in [-0.39, 0.29) is 12.1 Å². The topological polar surface area (TPSA) is 78.9 Å². The number of carbonyl (C=O) groups excluding carboxylic acids is 1. The fourth-order valence-electron chi connectivity index (χ4n) is 2.14. The Kier molecular flexibility index (Phi) is 5.40. The minimum Gasteiger partial charge on any atom is -0.480 e. The van der Waals surface area contributed by atoms with Gasteiger partial charge in [0.15, 0.2) is 0 Å². The number of nitrogens with one attached hydrogen (secondary N) is 1. The molecule has 0 aromatic carbocycles. The first-order valence-electron chi connectivity index (χ1n) is 6.32. The molecule has 2 amide bonds. The minimum atomic E-state index is -0.979. The lowest BCUT2D eigenvalue weighted by Gasteiger charge is -2.25. The van der Waals surface area contributed by atoms with Crippen LogP contribution in [0.25, 0.3) is 0 Å². The summed E-state index contributed by atoms with van der Waals surface area (Å²) in [4.78, 5) is 24.0. The van der Waals surface area contributed by atoms with E-state index in [0.29, 0.717) is 18.9 Å². The largest absolute Gasteiger partial charge is 0.480 e. The number of hydrogen-bond acceptors (Lipinski definition) is 3. The Morgan fingerprint density at radius 3 is 2.67 bits per heavy atom. The molecular formula is C12H22N2O4. The fourth-order valence-corrected chi connectivity index (χ4v) is 2.14. The van der Waals surface area contributed by atoms with Gasteiger partial charge in [0, 0.05) is 26.1 Å². The van der Waals surface area contributed by atoms with Crippen molar-refractivity contribution in [2.24, 2.45) is 5.92 Å². The maximum Gasteiger partial charge on any atom is 0.326 e. The van der Waals surface area contributed by atoms with Gasteiger partial charge in [-0.3, -0.25) is 0 Å². The summed E-state index contributed by atoms with van der Waals surface area (Å²) in [6, 6.07) is -1.12. The third kappa shape index (κ3) is 3.60. The van der Waals surface area contributed by atoms with Gasteiger partial charge in [-0.2, -0.15) is 0 Å². The molecule has 1 rings (SSSR count). The van der Waals surface area contributed by atoms with E-state index < -0.39 is 12.0 Å². The molecule has 3 atom stereocenters. The Balaban J connectivity index is 2.42. The molecule has 6 nitrogen and oxygen atoms in total. The lowest BCUT2D eigenvalue weighted by atomic mass is 10.0. The van der Waals surface area contributed by atoms with Gasteiger partial charge in [-0.05, 0) is 19.8 Å². The van der Waals surface area contributed by atoms with Gasteiger partial charge < -0.3 is 20.1 Å². The summed E-state index contributed by atoms with van der Waals surface area (Å²) in [5.41, 5.74) is 0. The van der Waals surface area contributed by atoms with Crippen molar-refractivity contribution < 1.29 is 19.4 Å². The average Bonchev–Trinajstić information content (AvgIpc) is 2.72. The van der Waals surface area contributed by atoms with E-state index in [0.717, 1.165) is 13.0 Å². The van der Waals surface area contributed by atoms with Crippen molar-refractivity contribution in [1.82, 2.24) is 10.2 Å². The summed E-state index contributed by atoms with van der Waals surface area (Å²) in [7, 11) is 1.51. The number of carbonyl (C=O) groups is 2. The number of carboxylic acid groups (broad SMARTS) is 1. The number of ether oxygens (including phenoxy) is 1. The molecule has 0 aromatic heterocycles. The highest BCUT2D eigenvalue weighted by Gasteiger charge is 2.27. The van der Waals surface area contributed by atoms with Gasteiger partial charge in [-0.25, -0.2) is 9.59 Å². The smallest absolute Gasteiger partial charge is 0.326 e. The Hall–Kier alpha value is -1.30. The number of nitrogens with zero attached hydrogens (tertiary/aromatic N) is 1. The van der Waals surface area contributed by atoms with Gasteiger partial charge >= 0.3 is 12.0 Å². The highest BCUT2D eigenvalue weighted by atomic mass is 16.5. The van der Waals surface area contributed by atoms with E-state index in [1.807, 2.05) is 6.92 Å². The zero-order valence-electron chi connectivity index (χ0n) is 11.2.